The third-order valence-electron chi connectivity index (χ3n) is 6.03. The average molecular weight is 403 g/mol. The fourth-order valence-electron chi connectivity index (χ4n) is 4.17. The standard InChI is InChI=1S/C23H38N4O2/c1-24-23(25-13-5-15-29-17-18-7-8-18)26-16-20-6-4-14-27(2)22(20)19-9-11-21(28-3)12-10-19/h9-12,18,20,22H,4-8,13-17H2,1-3H3,(H2,24,25,26). The van der Waals surface area contributed by atoms with E-state index in [2.05, 4.69) is 51.8 Å². The van der Waals surface area contributed by atoms with Crippen LogP contribution in [0.2, 0.25) is 0 Å². The molecule has 0 amide bonds. The summed E-state index contributed by atoms with van der Waals surface area (Å²) in [5, 5.41) is 6.97. The molecule has 2 fully saturated rings. The van der Waals surface area contributed by atoms with Crippen LogP contribution in [0.5, 0.6) is 5.75 Å². The first-order valence-corrected chi connectivity index (χ1v) is 11.1. The molecule has 2 aliphatic rings. The number of methoxy groups -OCH3 is 1. The van der Waals surface area contributed by atoms with Crippen molar-refractivity contribution in [3.63, 3.8) is 0 Å². The molecule has 3 rings (SSSR count). The molecule has 1 aliphatic heterocycles. The van der Waals surface area contributed by atoms with Crippen LogP contribution in [-0.4, -0.2) is 64.9 Å². The van der Waals surface area contributed by atoms with E-state index in [0.29, 0.717) is 12.0 Å². The molecule has 1 aromatic carbocycles. The van der Waals surface area contributed by atoms with Crippen LogP contribution in [-0.2, 0) is 4.74 Å². The number of likely N-dealkylation sites (tertiary alicyclic amines) is 1. The van der Waals surface area contributed by atoms with Gasteiger partial charge in [0.15, 0.2) is 5.96 Å². The molecule has 0 radical (unpaired) electrons. The minimum atomic E-state index is 0.413. The Morgan fingerprint density at radius 3 is 2.66 bits per heavy atom. The number of aliphatic imine (C=N–C) groups is 1. The normalized spacial score (nSPS) is 23.1. The Morgan fingerprint density at radius 2 is 1.97 bits per heavy atom. The average Bonchev–Trinajstić information content (AvgIpc) is 3.57. The summed E-state index contributed by atoms with van der Waals surface area (Å²) in [4.78, 5) is 6.87. The molecule has 0 aromatic heterocycles. The highest BCUT2D eigenvalue weighted by Gasteiger charge is 2.30. The van der Waals surface area contributed by atoms with Crippen LogP contribution in [0.4, 0.5) is 0 Å². The van der Waals surface area contributed by atoms with Crippen LogP contribution in [0, 0.1) is 11.8 Å². The van der Waals surface area contributed by atoms with Crippen molar-refractivity contribution in [3.8, 4) is 5.75 Å². The maximum absolute atomic E-state index is 5.70. The molecule has 0 spiro atoms. The molecule has 1 aliphatic carbocycles. The largest absolute Gasteiger partial charge is 0.497 e. The van der Waals surface area contributed by atoms with E-state index in [1.165, 1.54) is 31.2 Å². The third-order valence-corrected chi connectivity index (χ3v) is 6.03. The Balaban J connectivity index is 1.45. The number of hydrogen-bond acceptors (Lipinski definition) is 4. The van der Waals surface area contributed by atoms with Crippen LogP contribution >= 0.6 is 0 Å². The molecular weight excluding hydrogens is 364 g/mol. The third kappa shape index (κ3) is 6.89. The molecular formula is C23H38N4O2. The number of ether oxygens (including phenoxy) is 2. The highest BCUT2D eigenvalue weighted by Crippen LogP contribution is 2.35. The number of hydrogen-bond donors (Lipinski definition) is 2. The van der Waals surface area contributed by atoms with Gasteiger partial charge in [-0.05, 0) is 75.2 Å². The van der Waals surface area contributed by atoms with Gasteiger partial charge < -0.3 is 20.1 Å². The summed E-state index contributed by atoms with van der Waals surface area (Å²) in [5.74, 6) is 3.17. The molecule has 162 valence electrons. The van der Waals surface area contributed by atoms with Crippen molar-refractivity contribution in [2.24, 2.45) is 16.8 Å². The molecule has 1 saturated heterocycles. The Bertz CT molecular complexity index is 630. The summed E-state index contributed by atoms with van der Waals surface area (Å²) in [6.45, 7) is 4.71. The van der Waals surface area contributed by atoms with Crippen LogP contribution in [0.1, 0.15) is 43.7 Å². The van der Waals surface area contributed by atoms with E-state index in [0.717, 1.165) is 56.9 Å². The predicted molar refractivity (Wildman–Crippen MR) is 119 cm³/mol. The van der Waals surface area contributed by atoms with E-state index in [-0.39, 0.29) is 0 Å². The summed E-state index contributed by atoms with van der Waals surface area (Å²) >= 11 is 0. The lowest BCUT2D eigenvalue weighted by Crippen LogP contribution is -2.45. The maximum atomic E-state index is 5.70. The first-order chi connectivity index (χ1) is 14.2. The van der Waals surface area contributed by atoms with Crippen molar-refractivity contribution in [2.45, 2.75) is 38.1 Å². The van der Waals surface area contributed by atoms with Crippen LogP contribution in [0.15, 0.2) is 29.3 Å². The van der Waals surface area contributed by atoms with Gasteiger partial charge in [-0.1, -0.05) is 12.1 Å². The van der Waals surface area contributed by atoms with Gasteiger partial charge in [0, 0.05) is 39.4 Å². The first kappa shape index (κ1) is 21.9. The van der Waals surface area contributed by atoms with Crippen molar-refractivity contribution < 1.29 is 9.47 Å². The molecule has 2 N–H and O–H groups in total. The lowest BCUT2D eigenvalue weighted by molar-refractivity contribution is 0.121. The highest BCUT2D eigenvalue weighted by molar-refractivity contribution is 5.79. The number of rotatable bonds is 10. The van der Waals surface area contributed by atoms with Gasteiger partial charge in [0.25, 0.3) is 0 Å². The molecule has 2 atom stereocenters. The lowest BCUT2D eigenvalue weighted by atomic mass is 9.85. The molecule has 1 heterocycles. The van der Waals surface area contributed by atoms with E-state index >= 15 is 0 Å². The van der Waals surface area contributed by atoms with Gasteiger partial charge >= 0.3 is 0 Å². The summed E-state index contributed by atoms with van der Waals surface area (Å²) in [6, 6.07) is 8.94. The van der Waals surface area contributed by atoms with Gasteiger partial charge in [0.05, 0.1) is 7.11 Å². The quantitative estimate of drug-likeness (QED) is 0.358. The molecule has 2 unspecified atom stereocenters. The first-order valence-electron chi connectivity index (χ1n) is 11.1. The molecule has 6 heteroatoms. The molecule has 6 nitrogen and oxygen atoms in total. The minimum absolute atomic E-state index is 0.413. The van der Waals surface area contributed by atoms with Crippen molar-refractivity contribution >= 4 is 5.96 Å². The Hall–Kier alpha value is -1.79. The van der Waals surface area contributed by atoms with E-state index in [9.17, 15) is 0 Å². The van der Waals surface area contributed by atoms with Crippen molar-refractivity contribution in [3.05, 3.63) is 29.8 Å². The summed E-state index contributed by atoms with van der Waals surface area (Å²) in [7, 11) is 5.79. The summed E-state index contributed by atoms with van der Waals surface area (Å²) < 4.78 is 11.0. The molecule has 1 aromatic rings. The SMILES string of the molecule is CN=C(NCCCOCC1CC1)NCC1CCCN(C)C1c1ccc(OC)cc1. The van der Waals surface area contributed by atoms with Crippen molar-refractivity contribution in [2.75, 3.05) is 54.1 Å². The number of guanidine groups is 1. The highest BCUT2D eigenvalue weighted by atomic mass is 16.5. The second kappa shape index (κ2) is 11.4. The fourth-order valence-corrected chi connectivity index (χ4v) is 4.17. The number of nitrogens with zero attached hydrogens (tertiary/aromatic N) is 2. The van der Waals surface area contributed by atoms with Gasteiger partial charge in [0.1, 0.15) is 5.75 Å². The van der Waals surface area contributed by atoms with Gasteiger partial charge in [-0.15, -0.1) is 0 Å². The zero-order valence-electron chi connectivity index (χ0n) is 18.3. The Labute approximate surface area is 176 Å². The monoisotopic (exact) mass is 402 g/mol. The van der Waals surface area contributed by atoms with E-state index in [1.54, 1.807) is 7.11 Å². The second-order valence-corrected chi connectivity index (χ2v) is 8.35. The number of benzene rings is 1. The zero-order chi connectivity index (χ0) is 20.5. The van der Waals surface area contributed by atoms with Crippen LogP contribution < -0.4 is 15.4 Å². The lowest BCUT2D eigenvalue weighted by Gasteiger charge is -2.40. The maximum Gasteiger partial charge on any atom is 0.190 e. The van der Waals surface area contributed by atoms with Crippen LogP contribution in [0.25, 0.3) is 0 Å². The van der Waals surface area contributed by atoms with E-state index in [1.807, 2.05) is 7.05 Å². The summed E-state index contributed by atoms with van der Waals surface area (Å²) in [6.07, 6.45) is 6.17. The Kier molecular flexibility index (Phi) is 8.62. The topological polar surface area (TPSA) is 58.1 Å². The fraction of sp³-hybridized carbons (Fsp3) is 0.696. The van der Waals surface area contributed by atoms with Crippen molar-refractivity contribution in [1.29, 1.82) is 0 Å². The van der Waals surface area contributed by atoms with Gasteiger partial charge in [-0.3, -0.25) is 9.89 Å². The molecule has 29 heavy (non-hydrogen) atoms. The number of nitrogens with one attached hydrogen (secondary N) is 2. The van der Waals surface area contributed by atoms with Gasteiger partial charge in [-0.2, -0.15) is 0 Å². The number of piperidine rings is 1. The smallest absolute Gasteiger partial charge is 0.190 e. The van der Waals surface area contributed by atoms with E-state index in [4.69, 9.17) is 9.47 Å². The summed E-state index contributed by atoms with van der Waals surface area (Å²) in [5.41, 5.74) is 1.36. The Morgan fingerprint density at radius 1 is 1.17 bits per heavy atom. The second-order valence-electron chi connectivity index (χ2n) is 8.35. The van der Waals surface area contributed by atoms with Gasteiger partial charge in [0.2, 0.25) is 0 Å². The molecule has 0 bridgehead atoms. The predicted octanol–water partition coefficient (Wildman–Crippen LogP) is 3.06. The van der Waals surface area contributed by atoms with E-state index < -0.39 is 0 Å². The van der Waals surface area contributed by atoms with Crippen LogP contribution in [0.3, 0.4) is 0 Å². The zero-order valence-corrected chi connectivity index (χ0v) is 18.3. The minimum Gasteiger partial charge on any atom is -0.497 e. The van der Waals surface area contributed by atoms with Gasteiger partial charge in [-0.25, -0.2) is 0 Å². The molecule has 1 saturated carbocycles. The van der Waals surface area contributed by atoms with Crippen molar-refractivity contribution in [1.82, 2.24) is 15.5 Å².